The van der Waals surface area contributed by atoms with E-state index in [4.69, 9.17) is 0 Å². The summed E-state index contributed by atoms with van der Waals surface area (Å²) in [6, 6.07) is 7.58. The van der Waals surface area contributed by atoms with Gasteiger partial charge in [-0.1, -0.05) is 35.3 Å². The summed E-state index contributed by atoms with van der Waals surface area (Å²) < 4.78 is 0.951. The van der Waals surface area contributed by atoms with E-state index in [-0.39, 0.29) is 12.1 Å². The Bertz CT molecular complexity index is 355. The molecule has 1 aromatic carbocycles. The summed E-state index contributed by atoms with van der Waals surface area (Å²) in [6.07, 6.45) is 2.06. The molecule has 0 aromatic heterocycles. The highest BCUT2D eigenvalue weighted by molar-refractivity contribution is 9.10. The number of hydrogen-bond donors (Lipinski definition) is 2. The Morgan fingerprint density at radius 2 is 2.25 bits per heavy atom. The van der Waals surface area contributed by atoms with E-state index in [0.29, 0.717) is 0 Å². The van der Waals surface area contributed by atoms with Crippen molar-refractivity contribution in [1.29, 1.82) is 0 Å². The van der Waals surface area contributed by atoms with Crippen LogP contribution in [-0.4, -0.2) is 12.1 Å². The second-order valence-electron chi connectivity index (χ2n) is 3.80. The summed E-state index contributed by atoms with van der Waals surface area (Å²) in [5, 5.41) is 5.68. The molecule has 1 aromatic rings. The Balaban J connectivity index is 2.45. The van der Waals surface area contributed by atoms with Gasteiger partial charge in [-0.25, -0.2) is 4.79 Å². The van der Waals surface area contributed by atoms with Gasteiger partial charge in [0.25, 0.3) is 0 Å². The predicted molar refractivity (Wildman–Crippen MR) is 70.7 cm³/mol. The standard InChI is InChI=1S/C12H17BrN2O/c1-3-5-9(2)14-12(16)15-11-7-4-6-10(13)8-11/h4,6-9H,3,5H2,1-2H3,(H2,14,15,16). The number of anilines is 1. The monoisotopic (exact) mass is 284 g/mol. The summed E-state index contributed by atoms with van der Waals surface area (Å²) in [6.45, 7) is 4.11. The zero-order valence-corrected chi connectivity index (χ0v) is 11.2. The minimum absolute atomic E-state index is 0.154. The van der Waals surface area contributed by atoms with Crippen LogP contribution in [0.25, 0.3) is 0 Å². The molecule has 1 rings (SSSR count). The highest BCUT2D eigenvalue weighted by atomic mass is 79.9. The van der Waals surface area contributed by atoms with E-state index < -0.39 is 0 Å². The maximum absolute atomic E-state index is 11.6. The number of hydrogen-bond acceptors (Lipinski definition) is 1. The molecule has 16 heavy (non-hydrogen) atoms. The quantitative estimate of drug-likeness (QED) is 0.869. The van der Waals surface area contributed by atoms with Crippen molar-refractivity contribution in [3.05, 3.63) is 28.7 Å². The number of benzene rings is 1. The van der Waals surface area contributed by atoms with Crippen LogP contribution >= 0.6 is 15.9 Å². The molecule has 0 aliphatic rings. The lowest BCUT2D eigenvalue weighted by molar-refractivity contribution is 0.248. The Morgan fingerprint density at radius 1 is 1.50 bits per heavy atom. The Labute approximate surface area is 105 Å². The summed E-state index contributed by atoms with van der Waals surface area (Å²) in [5.74, 6) is 0. The Kier molecular flexibility index (Phi) is 5.32. The number of urea groups is 1. The first-order valence-electron chi connectivity index (χ1n) is 5.45. The number of carbonyl (C=O) groups is 1. The number of carbonyl (C=O) groups excluding carboxylic acids is 1. The van der Waals surface area contributed by atoms with Gasteiger partial charge in [0, 0.05) is 16.2 Å². The first-order chi connectivity index (χ1) is 7.61. The molecule has 0 aliphatic heterocycles. The molecule has 0 saturated heterocycles. The van der Waals surface area contributed by atoms with Gasteiger partial charge in [-0.15, -0.1) is 0 Å². The van der Waals surface area contributed by atoms with Crippen LogP contribution in [0.1, 0.15) is 26.7 Å². The van der Waals surface area contributed by atoms with Crippen LogP contribution in [0.15, 0.2) is 28.7 Å². The van der Waals surface area contributed by atoms with Crippen LogP contribution in [-0.2, 0) is 0 Å². The van der Waals surface area contributed by atoms with Crippen molar-refractivity contribution in [3.63, 3.8) is 0 Å². The molecular formula is C12H17BrN2O. The van der Waals surface area contributed by atoms with E-state index in [1.165, 1.54) is 0 Å². The second kappa shape index (κ2) is 6.53. The minimum Gasteiger partial charge on any atom is -0.335 e. The lowest BCUT2D eigenvalue weighted by Gasteiger charge is -2.13. The molecule has 88 valence electrons. The topological polar surface area (TPSA) is 41.1 Å². The van der Waals surface area contributed by atoms with Crippen molar-refractivity contribution in [2.24, 2.45) is 0 Å². The molecule has 0 spiro atoms. The van der Waals surface area contributed by atoms with Crippen molar-refractivity contribution in [3.8, 4) is 0 Å². The molecule has 4 heteroatoms. The molecule has 2 amide bonds. The Hall–Kier alpha value is -1.03. The summed E-state index contributed by atoms with van der Waals surface area (Å²) in [5.41, 5.74) is 0.788. The van der Waals surface area contributed by atoms with Crippen LogP contribution in [0.5, 0.6) is 0 Å². The fourth-order valence-electron chi connectivity index (χ4n) is 1.46. The second-order valence-corrected chi connectivity index (χ2v) is 4.71. The highest BCUT2D eigenvalue weighted by Crippen LogP contribution is 2.15. The van der Waals surface area contributed by atoms with Gasteiger partial charge in [-0.3, -0.25) is 0 Å². The van der Waals surface area contributed by atoms with E-state index in [2.05, 4.69) is 33.5 Å². The zero-order chi connectivity index (χ0) is 12.0. The maximum Gasteiger partial charge on any atom is 0.319 e. The van der Waals surface area contributed by atoms with Crippen molar-refractivity contribution >= 4 is 27.6 Å². The molecule has 0 fully saturated rings. The molecule has 0 heterocycles. The SMILES string of the molecule is CCCC(C)NC(=O)Nc1cccc(Br)c1. The molecule has 1 unspecified atom stereocenters. The van der Waals surface area contributed by atoms with Crippen molar-refractivity contribution in [2.75, 3.05) is 5.32 Å². The highest BCUT2D eigenvalue weighted by Gasteiger charge is 2.06. The molecular weight excluding hydrogens is 268 g/mol. The zero-order valence-electron chi connectivity index (χ0n) is 9.59. The lowest BCUT2D eigenvalue weighted by atomic mass is 10.2. The van der Waals surface area contributed by atoms with E-state index in [0.717, 1.165) is 23.0 Å². The number of nitrogens with one attached hydrogen (secondary N) is 2. The van der Waals surface area contributed by atoms with Gasteiger partial charge in [0.2, 0.25) is 0 Å². The minimum atomic E-state index is -0.154. The fraction of sp³-hybridized carbons (Fsp3) is 0.417. The van der Waals surface area contributed by atoms with Crippen LogP contribution in [0, 0.1) is 0 Å². The van der Waals surface area contributed by atoms with E-state index in [9.17, 15) is 4.79 Å². The third-order valence-corrected chi connectivity index (χ3v) is 2.67. The van der Waals surface area contributed by atoms with Gasteiger partial charge >= 0.3 is 6.03 Å². The molecule has 1 atom stereocenters. The lowest BCUT2D eigenvalue weighted by Crippen LogP contribution is -2.35. The predicted octanol–water partition coefficient (Wildman–Crippen LogP) is 3.76. The average molecular weight is 285 g/mol. The molecule has 0 radical (unpaired) electrons. The molecule has 2 N–H and O–H groups in total. The number of halogens is 1. The summed E-state index contributed by atoms with van der Waals surface area (Å²) >= 11 is 3.36. The Morgan fingerprint density at radius 3 is 2.88 bits per heavy atom. The van der Waals surface area contributed by atoms with E-state index in [1.54, 1.807) is 0 Å². The van der Waals surface area contributed by atoms with Crippen LogP contribution in [0.3, 0.4) is 0 Å². The normalized spacial score (nSPS) is 11.9. The fourth-order valence-corrected chi connectivity index (χ4v) is 1.86. The molecule has 0 aliphatic carbocycles. The van der Waals surface area contributed by atoms with E-state index >= 15 is 0 Å². The van der Waals surface area contributed by atoms with Crippen molar-refractivity contribution < 1.29 is 4.79 Å². The number of amides is 2. The summed E-state index contributed by atoms with van der Waals surface area (Å²) in [7, 11) is 0. The summed E-state index contributed by atoms with van der Waals surface area (Å²) in [4.78, 5) is 11.6. The maximum atomic E-state index is 11.6. The van der Waals surface area contributed by atoms with Gasteiger partial charge in [-0.2, -0.15) is 0 Å². The first kappa shape index (κ1) is 13.0. The van der Waals surface area contributed by atoms with Gasteiger partial charge < -0.3 is 10.6 Å². The van der Waals surface area contributed by atoms with Gasteiger partial charge in [0.05, 0.1) is 0 Å². The van der Waals surface area contributed by atoms with Gasteiger partial charge in [0.15, 0.2) is 0 Å². The first-order valence-corrected chi connectivity index (χ1v) is 6.24. The third-order valence-electron chi connectivity index (χ3n) is 2.18. The van der Waals surface area contributed by atoms with E-state index in [1.807, 2.05) is 31.2 Å². The molecule has 0 saturated carbocycles. The largest absolute Gasteiger partial charge is 0.335 e. The van der Waals surface area contributed by atoms with Crippen LogP contribution in [0.2, 0.25) is 0 Å². The number of rotatable bonds is 4. The molecule has 0 bridgehead atoms. The van der Waals surface area contributed by atoms with Crippen LogP contribution in [0.4, 0.5) is 10.5 Å². The van der Waals surface area contributed by atoms with Crippen molar-refractivity contribution in [1.82, 2.24) is 5.32 Å². The van der Waals surface area contributed by atoms with Gasteiger partial charge in [-0.05, 0) is 31.5 Å². The van der Waals surface area contributed by atoms with Crippen molar-refractivity contribution in [2.45, 2.75) is 32.7 Å². The van der Waals surface area contributed by atoms with Gasteiger partial charge in [0.1, 0.15) is 0 Å². The smallest absolute Gasteiger partial charge is 0.319 e. The molecule has 3 nitrogen and oxygen atoms in total. The third kappa shape index (κ3) is 4.66. The van der Waals surface area contributed by atoms with Crippen LogP contribution < -0.4 is 10.6 Å². The average Bonchev–Trinajstić information content (AvgIpc) is 2.17.